The monoisotopic (exact) mass is 399 g/mol. The molecule has 3 amide bonds. The fraction of sp³-hybridized carbons (Fsp3) is 0.471. The highest BCUT2D eigenvalue weighted by Crippen LogP contribution is 2.09. The Bertz CT molecular complexity index is 774. The summed E-state index contributed by atoms with van der Waals surface area (Å²) in [4.78, 5) is 35.0. The summed E-state index contributed by atoms with van der Waals surface area (Å²) in [6, 6.07) is 5.41. The number of hydrogen-bond acceptors (Lipinski definition) is 6. The summed E-state index contributed by atoms with van der Waals surface area (Å²) in [6.45, 7) is 6.42. The van der Waals surface area contributed by atoms with Gasteiger partial charge in [0.2, 0.25) is 10.0 Å². The van der Waals surface area contributed by atoms with Crippen LogP contribution in [0.25, 0.3) is 0 Å². The number of sulfonamides is 1. The molecule has 0 saturated heterocycles. The van der Waals surface area contributed by atoms with Gasteiger partial charge in [0, 0.05) is 12.6 Å². The van der Waals surface area contributed by atoms with Gasteiger partial charge in [0.15, 0.2) is 6.10 Å². The molecule has 1 atom stereocenters. The van der Waals surface area contributed by atoms with Gasteiger partial charge in [0.1, 0.15) is 0 Å². The topological polar surface area (TPSA) is 131 Å². The molecule has 0 bridgehead atoms. The molecular weight excluding hydrogens is 374 g/mol. The minimum absolute atomic E-state index is 0.0883. The molecule has 27 heavy (non-hydrogen) atoms. The average molecular weight is 399 g/mol. The summed E-state index contributed by atoms with van der Waals surface area (Å²) in [5.41, 5.74) is 0.923. The maximum absolute atomic E-state index is 12.1. The van der Waals surface area contributed by atoms with Gasteiger partial charge in [-0.1, -0.05) is 17.7 Å². The third-order valence-corrected chi connectivity index (χ3v) is 4.76. The van der Waals surface area contributed by atoms with Gasteiger partial charge >= 0.3 is 12.0 Å². The van der Waals surface area contributed by atoms with E-state index in [1.165, 1.54) is 19.1 Å². The maximum Gasteiger partial charge on any atom is 0.321 e. The molecule has 0 aliphatic rings. The zero-order valence-corrected chi connectivity index (χ0v) is 16.6. The molecule has 0 aromatic heterocycles. The fourth-order valence-corrected chi connectivity index (χ4v) is 2.94. The Labute approximate surface area is 158 Å². The van der Waals surface area contributed by atoms with Crippen molar-refractivity contribution in [2.75, 3.05) is 6.54 Å². The molecule has 0 aliphatic heterocycles. The Morgan fingerprint density at radius 2 is 1.67 bits per heavy atom. The lowest BCUT2D eigenvalue weighted by molar-refractivity contribution is -0.154. The molecule has 0 aliphatic carbocycles. The van der Waals surface area contributed by atoms with Crippen LogP contribution in [-0.2, 0) is 24.3 Å². The third kappa shape index (κ3) is 8.18. The predicted molar refractivity (Wildman–Crippen MR) is 98.3 cm³/mol. The van der Waals surface area contributed by atoms with Gasteiger partial charge in [-0.15, -0.1) is 0 Å². The van der Waals surface area contributed by atoms with Crippen molar-refractivity contribution in [2.45, 2.75) is 51.2 Å². The number of esters is 1. The number of benzene rings is 1. The van der Waals surface area contributed by atoms with Crippen molar-refractivity contribution >= 4 is 27.9 Å². The summed E-state index contributed by atoms with van der Waals surface area (Å²) >= 11 is 0. The van der Waals surface area contributed by atoms with E-state index in [9.17, 15) is 22.8 Å². The number of urea groups is 1. The van der Waals surface area contributed by atoms with Crippen molar-refractivity contribution < 1.29 is 27.5 Å². The van der Waals surface area contributed by atoms with Crippen molar-refractivity contribution in [1.82, 2.24) is 15.4 Å². The first-order chi connectivity index (χ1) is 12.5. The summed E-state index contributed by atoms with van der Waals surface area (Å²) in [7, 11) is -3.73. The maximum atomic E-state index is 12.1. The fourth-order valence-electron chi connectivity index (χ4n) is 1.91. The van der Waals surface area contributed by atoms with Crippen LogP contribution in [0.4, 0.5) is 4.79 Å². The second kappa shape index (κ2) is 10.0. The predicted octanol–water partition coefficient (Wildman–Crippen LogP) is 0.829. The quantitative estimate of drug-likeness (QED) is 0.555. The van der Waals surface area contributed by atoms with E-state index in [0.717, 1.165) is 5.56 Å². The first kappa shape index (κ1) is 22.6. The van der Waals surface area contributed by atoms with Crippen LogP contribution in [0, 0.1) is 6.92 Å². The van der Waals surface area contributed by atoms with E-state index in [0.29, 0.717) is 0 Å². The Morgan fingerprint density at radius 3 is 2.22 bits per heavy atom. The normalized spacial score (nSPS) is 12.3. The first-order valence-corrected chi connectivity index (χ1v) is 9.86. The van der Waals surface area contributed by atoms with Gasteiger partial charge in [0.05, 0.1) is 11.3 Å². The van der Waals surface area contributed by atoms with E-state index in [1.54, 1.807) is 26.0 Å². The van der Waals surface area contributed by atoms with Crippen LogP contribution in [0.1, 0.15) is 32.8 Å². The third-order valence-electron chi connectivity index (χ3n) is 3.29. The van der Waals surface area contributed by atoms with Crippen LogP contribution in [0.15, 0.2) is 29.2 Å². The van der Waals surface area contributed by atoms with Crippen molar-refractivity contribution in [2.24, 2.45) is 0 Å². The Hall–Kier alpha value is -2.46. The number of carbonyl (C=O) groups excluding carboxylic acids is 3. The standard InChI is InChI=1S/C17H25N3O6S/c1-11(2)19-17(23)20-16(22)13(4)26-15(21)9-10-18-27(24,25)14-7-5-12(3)6-8-14/h5-8,11,13,18H,9-10H2,1-4H3,(H2,19,20,22,23)/t13-/m0/s1. The van der Waals surface area contributed by atoms with Crippen molar-refractivity contribution in [3.63, 3.8) is 0 Å². The van der Waals surface area contributed by atoms with Gasteiger partial charge in [-0.3, -0.25) is 14.9 Å². The van der Waals surface area contributed by atoms with E-state index in [2.05, 4.69) is 10.0 Å². The molecular formula is C17H25N3O6S. The van der Waals surface area contributed by atoms with Crippen LogP contribution in [0.3, 0.4) is 0 Å². The molecule has 10 heteroatoms. The number of amides is 3. The van der Waals surface area contributed by atoms with Gasteiger partial charge < -0.3 is 10.1 Å². The van der Waals surface area contributed by atoms with Gasteiger partial charge in [-0.25, -0.2) is 17.9 Å². The number of imide groups is 1. The van der Waals surface area contributed by atoms with Crippen molar-refractivity contribution in [3.8, 4) is 0 Å². The summed E-state index contributed by atoms with van der Waals surface area (Å²) in [5, 5.41) is 4.51. The number of nitrogens with one attached hydrogen (secondary N) is 3. The second-order valence-corrected chi connectivity index (χ2v) is 7.98. The average Bonchev–Trinajstić information content (AvgIpc) is 2.54. The largest absolute Gasteiger partial charge is 0.452 e. The van der Waals surface area contributed by atoms with Crippen molar-refractivity contribution in [3.05, 3.63) is 29.8 Å². The number of ether oxygens (including phenoxy) is 1. The van der Waals surface area contributed by atoms with Gasteiger partial charge in [-0.2, -0.15) is 0 Å². The van der Waals surface area contributed by atoms with Crippen LogP contribution in [0.5, 0.6) is 0 Å². The van der Waals surface area contributed by atoms with Gasteiger partial charge in [-0.05, 0) is 39.8 Å². The molecule has 0 radical (unpaired) electrons. The molecule has 0 saturated carbocycles. The molecule has 0 fully saturated rings. The van der Waals surface area contributed by atoms with Crippen LogP contribution in [0.2, 0.25) is 0 Å². The number of hydrogen-bond donors (Lipinski definition) is 3. The summed E-state index contributed by atoms with van der Waals surface area (Å²) in [6.07, 6.45) is -1.45. The van der Waals surface area contributed by atoms with E-state index >= 15 is 0 Å². The van der Waals surface area contributed by atoms with Crippen LogP contribution >= 0.6 is 0 Å². The Morgan fingerprint density at radius 1 is 1.07 bits per heavy atom. The summed E-state index contributed by atoms with van der Waals surface area (Å²) in [5.74, 6) is -1.55. The van der Waals surface area contributed by atoms with E-state index in [-0.39, 0.29) is 23.9 Å². The molecule has 0 heterocycles. The van der Waals surface area contributed by atoms with E-state index in [1.807, 2.05) is 12.2 Å². The minimum atomic E-state index is -3.73. The first-order valence-electron chi connectivity index (χ1n) is 8.38. The minimum Gasteiger partial charge on any atom is -0.452 e. The number of carbonyl (C=O) groups is 3. The van der Waals surface area contributed by atoms with E-state index < -0.39 is 34.0 Å². The zero-order chi connectivity index (χ0) is 20.6. The molecule has 0 unspecified atom stereocenters. The molecule has 1 rings (SSSR count). The number of rotatable bonds is 8. The van der Waals surface area contributed by atoms with Crippen LogP contribution in [-0.4, -0.2) is 45.0 Å². The molecule has 150 valence electrons. The SMILES string of the molecule is Cc1ccc(S(=O)(=O)NCCC(=O)O[C@@H](C)C(=O)NC(=O)NC(C)C)cc1. The van der Waals surface area contributed by atoms with Crippen molar-refractivity contribution in [1.29, 1.82) is 0 Å². The van der Waals surface area contributed by atoms with Crippen LogP contribution < -0.4 is 15.4 Å². The zero-order valence-electron chi connectivity index (χ0n) is 15.7. The Balaban J connectivity index is 2.42. The number of aryl methyl sites for hydroxylation is 1. The van der Waals surface area contributed by atoms with E-state index in [4.69, 9.17) is 4.74 Å². The lowest BCUT2D eigenvalue weighted by Gasteiger charge is -2.14. The molecule has 1 aromatic carbocycles. The molecule has 1 aromatic rings. The molecule has 9 nitrogen and oxygen atoms in total. The smallest absolute Gasteiger partial charge is 0.321 e. The second-order valence-electron chi connectivity index (χ2n) is 6.21. The highest BCUT2D eigenvalue weighted by molar-refractivity contribution is 7.89. The Kier molecular flexibility index (Phi) is 8.38. The van der Waals surface area contributed by atoms with Gasteiger partial charge in [0.25, 0.3) is 5.91 Å². The highest BCUT2D eigenvalue weighted by atomic mass is 32.2. The highest BCUT2D eigenvalue weighted by Gasteiger charge is 2.21. The lowest BCUT2D eigenvalue weighted by Crippen LogP contribution is -2.46. The lowest BCUT2D eigenvalue weighted by atomic mass is 10.2. The molecule has 3 N–H and O–H groups in total. The molecule has 0 spiro atoms. The summed E-state index contributed by atoms with van der Waals surface area (Å²) < 4.78 is 31.4.